The van der Waals surface area contributed by atoms with Crippen LogP contribution in [0.25, 0.3) is 0 Å². The summed E-state index contributed by atoms with van der Waals surface area (Å²) in [6.07, 6.45) is 1.30. The van der Waals surface area contributed by atoms with Crippen LogP contribution >= 0.6 is 0 Å². The van der Waals surface area contributed by atoms with E-state index in [0.717, 1.165) is 6.42 Å². The van der Waals surface area contributed by atoms with E-state index in [2.05, 4.69) is 11.8 Å². The SMILES string of the molecule is NCCCC#Cc1c(F)cccc1F. The lowest BCUT2D eigenvalue weighted by Crippen LogP contribution is -1.96. The van der Waals surface area contributed by atoms with E-state index >= 15 is 0 Å². The van der Waals surface area contributed by atoms with Gasteiger partial charge in [0.15, 0.2) is 0 Å². The van der Waals surface area contributed by atoms with Gasteiger partial charge in [-0.3, -0.25) is 0 Å². The Hall–Kier alpha value is -1.40. The second-order valence-corrected chi connectivity index (χ2v) is 2.79. The Kier molecular flexibility index (Phi) is 4.09. The summed E-state index contributed by atoms with van der Waals surface area (Å²) in [6.45, 7) is 0.536. The maximum Gasteiger partial charge on any atom is 0.141 e. The van der Waals surface area contributed by atoms with Crippen molar-refractivity contribution >= 4 is 0 Å². The van der Waals surface area contributed by atoms with Crippen LogP contribution in [-0.2, 0) is 0 Å². The molecule has 1 aromatic rings. The molecule has 14 heavy (non-hydrogen) atoms. The first-order valence-corrected chi connectivity index (χ1v) is 4.38. The van der Waals surface area contributed by atoms with Gasteiger partial charge in [-0.1, -0.05) is 17.9 Å². The largest absolute Gasteiger partial charge is 0.330 e. The van der Waals surface area contributed by atoms with Crippen LogP contribution in [0.2, 0.25) is 0 Å². The predicted molar refractivity (Wildman–Crippen MR) is 51.5 cm³/mol. The van der Waals surface area contributed by atoms with Gasteiger partial charge in [0.25, 0.3) is 0 Å². The summed E-state index contributed by atoms with van der Waals surface area (Å²) in [4.78, 5) is 0. The van der Waals surface area contributed by atoms with Crippen LogP contribution in [0.15, 0.2) is 18.2 Å². The molecule has 2 N–H and O–H groups in total. The van der Waals surface area contributed by atoms with Crippen molar-refractivity contribution in [3.05, 3.63) is 35.4 Å². The summed E-state index contributed by atoms with van der Waals surface area (Å²) in [7, 11) is 0. The van der Waals surface area contributed by atoms with E-state index in [4.69, 9.17) is 5.73 Å². The first-order chi connectivity index (χ1) is 6.75. The highest BCUT2D eigenvalue weighted by Crippen LogP contribution is 2.09. The van der Waals surface area contributed by atoms with Crippen molar-refractivity contribution in [3.8, 4) is 11.8 Å². The quantitative estimate of drug-likeness (QED) is 0.567. The fraction of sp³-hybridized carbons (Fsp3) is 0.273. The highest BCUT2D eigenvalue weighted by molar-refractivity contribution is 5.36. The zero-order chi connectivity index (χ0) is 10.4. The number of nitrogens with two attached hydrogens (primary N) is 1. The number of hydrogen-bond acceptors (Lipinski definition) is 1. The van der Waals surface area contributed by atoms with E-state index in [1.165, 1.54) is 18.2 Å². The fourth-order valence-corrected chi connectivity index (χ4v) is 0.959. The van der Waals surface area contributed by atoms with Crippen molar-refractivity contribution < 1.29 is 8.78 Å². The van der Waals surface area contributed by atoms with Crippen LogP contribution in [-0.4, -0.2) is 6.54 Å². The van der Waals surface area contributed by atoms with Gasteiger partial charge in [0.1, 0.15) is 11.6 Å². The molecule has 0 bridgehead atoms. The molecule has 0 saturated heterocycles. The van der Waals surface area contributed by atoms with Crippen LogP contribution in [0.1, 0.15) is 18.4 Å². The van der Waals surface area contributed by atoms with E-state index in [9.17, 15) is 8.78 Å². The summed E-state index contributed by atoms with van der Waals surface area (Å²) in [6, 6.07) is 3.70. The molecule has 0 fully saturated rings. The van der Waals surface area contributed by atoms with Crippen molar-refractivity contribution in [2.45, 2.75) is 12.8 Å². The number of benzene rings is 1. The summed E-state index contributed by atoms with van der Waals surface area (Å²) >= 11 is 0. The zero-order valence-electron chi connectivity index (χ0n) is 7.69. The van der Waals surface area contributed by atoms with Gasteiger partial charge in [0, 0.05) is 6.42 Å². The molecule has 74 valence electrons. The summed E-state index contributed by atoms with van der Waals surface area (Å²) in [5, 5.41) is 0. The molecular weight excluding hydrogens is 184 g/mol. The lowest BCUT2D eigenvalue weighted by Gasteiger charge is -1.94. The topological polar surface area (TPSA) is 26.0 Å². The van der Waals surface area contributed by atoms with Crippen molar-refractivity contribution in [1.29, 1.82) is 0 Å². The van der Waals surface area contributed by atoms with E-state index in [1.54, 1.807) is 0 Å². The molecule has 3 heteroatoms. The maximum atomic E-state index is 13.0. The highest BCUT2D eigenvalue weighted by Gasteiger charge is 2.03. The number of hydrogen-bond donors (Lipinski definition) is 1. The lowest BCUT2D eigenvalue weighted by atomic mass is 10.2. The maximum absolute atomic E-state index is 13.0. The molecule has 1 nitrogen and oxygen atoms in total. The first kappa shape index (κ1) is 10.7. The van der Waals surface area contributed by atoms with E-state index < -0.39 is 11.6 Å². The number of halogens is 2. The minimum absolute atomic E-state index is 0.162. The summed E-state index contributed by atoms with van der Waals surface area (Å²) in [5.74, 6) is 3.89. The average Bonchev–Trinajstić information content (AvgIpc) is 2.16. The lowest BCUT2D eigenvalue weighted by molar-refractivity contribution is 0.577. The Bertz CT molecular complexity index is 343. The van der Waals surface area contributed by atoms with Crippen molar-refractivity contribution in [2.75, 3.05) is 6.54 Å². The van der Waals surface area contributed by atoms with Gasteiger partial charge in [-0.05, 0) is 25.1 Å². The van der Waals surface area contributed by atoms with Gasteiger partial charge >= 0.3 is 0 Å². The monoisotopic (exact) mass is 195 g/mol. The zero-order valence-corrected chi connectivity index (χ0v) is 7.69. The number of unbranched alkanes of at least 4 members (excludes halogenated alkanes) is 1. The van der Waals surface area contributed by atoms with E-state index in [1.807, 2.05) is 0 Å². The Morgan fingerprint density at radius 1 is 1.21 bits per heavy atom. The second-order valence-electron chi connectivity index (χ2n) is 2.79. The first-order valence-electron chi connectivity index (χ1n) is 4.38. The molecule has 0 radical (unpaired) electrons. The average molecular weight is 195 g/mol. The third-order valence-electron chi connectivity index (χ3n) is 1.68. The Balaban J connectivity index is 2.78. The molecule has 0 amide bonds. The van der Waals surface area contributed by atoms with Gasteiger partial charge in [0.2, 0.25) is 0 Å². The molecule has 1 rings (SSSR count). The molecular formula is C11H11F2N. The second kappa shape index (κ2) is 5.36. The molecule has 0 heterocycles. The minimum Gasteiger partial charge on any atom is -0.330 e. The van der Waals surface area contributed by atoms with Crippen LogP contribution in [0.4, 0.5) is 8.78 Å². The molecule has 0 aliphatic rings. The molecule has 0 aliphatic heterocycles. The van der Waals surface area contributed by atoms with E-state index in [-0.39, 0.29) is 5.56 Å². The molecule has 0 unspecified atom stereocenters. The fourth-order valence-electron chi connectivity index (χ4n) is 0.959. The molecule has 0 aromatic heterocycles. The molecule has 1 aromatic carbocycles. The molecule has 0 saturated carbocycles. The predicted octanol–water partition coefficient (Wildman–Crippen LogP) is 2.06. The molecule has 0 spiro atoms. The van der Waals surface area contributed by atoms with Gasteiger partial charge in [-0.2, -0.15) is 0 Å². The standard InChI is InChI=1S/C11H11F2N/c12-10-6-4-7-11(13)9(10)5-2-1-3-8-14/h4,6-7H,1,3,8,14H2. The highest BCUT2D eigenvalue weighted by atomic mass is 19.1. The summed E-state index contributed by atoms with van der Waals surface area (Å²) in [5.41, 5.74) is 5.09. The third-order valence-corrected chi connectivity index (χ3v) is 1.68. The van der Waals surface area contributed by atoms with Crippen molar-refractivity contribution in [3.63, 3.8) is 0 Å². The summed E-state index contributed by atoms with van der Waals surface area (Å²) < 4.78 is 26.0. The Morgan fingerprint density at radius 2 is 1.86 bits per heavy atom. The van der Waals surface area contributed by atoms with E-state index in [0.29, 0.717) is 13.0 Å². The Labute approximate surface area is 81.9 Å². The normalized spacial score (nSPS) is 9.36. The molecule has 0 aliphatic carbocycles. The van der Waals surface area contributed by atoms with Gasteiger partial charge < -0.3 is 5.73 Å². The van der Waals surface area contributed by atoms with Gasteiger partial charge in [-0.25, -0.2) is 8.78 Å². The van der Waals surface area contributed by atoms with Crippen molar-refractivity contribution in [2.24, 2.45) is 5.73 Å². The van der Waals surface area contributed by atoms with Crippen LogP contribution in [0.5, 0.6) is 0 Å². The Morgan fingerprint density at radius 3 is 2.43 bits per heavy atom. The van der Waals surface area contributed by atoms with Crippen LogP contribution < -0.4 is 5.73 Å². The smallest absolute Gasteiger partial charge is 0.141 e. The third kappa shape index (κ3) is 2.82. The van der Waals surface area contributed by atoms with Crippen LogP contribution in [0.3, 0.4) is 0 Å². The molecule has 0 atom stereocenters. The minimum atomic E-state index is -0.620. The number of rotatable bonds is 2. The van der Waals surface area contributed by atoms with Gasteiger partial charge in [0.05, 0.1) is 5.56 Å². The van der Waals surface area contributed by atoms with Gasteiger partial charge in [-0.15, -0.1) is 0 Å². The van der Waals surface area contributed by atoms with Crippen molar-refractivity contribution in [1.82, 2.24) is 0 Å². The van der Waals surface area contributed by atoms with Crippen LogP contribution in [0, 0.1) is 23.5 Å².